The number of nitrogens with one attached hydrogen (secondary N) is 4. The molecule has 0 spiro atoms. The van der Waals surface area contributed by atoms with Gasteiger partial charge in [-0.1, -0.05) is 0 Å². The lowest BCUT2D eigenvalue weighted by atomic mass is 9.95. The summed E-state index contributed by atoms with van der Waals surface area (Å²) in [6.07, 6.45) is -7.98. The molecule has 10 atom stereocenters. The standard InChI is InChI=1S/C25H33N5O12/c1-10-4-3-5-12(20(36)27-10)28-21(37)14-8-13(32)17(35)24(40-14)42-19(22(38)26-2)18-11(9-31)16(34)23(41-18)30-7-6-15(33)29-25(30)39/h6-13,16-19,23-24,32,34-35H,3-5H2,1-2H3,(H,26,38)(H,27,36)(H,28,37)(H,29,33,39)/t10-,11+,12+,13+,16-,17+,18+,19-,23-,24-/m1/s1. The van der Waals surface area contributed by atoms with Gasteiger partial charge >= 0.3 is 5.69 Å². The van der Waals surface area contributed by atoms with Gasteiger partial charge in [0, 0.05) is 25.4 Å². The minimum atomic E-state index is -1.86. The van der Waals surface area contributed by atoms with Gasteiger partial charge < -0.3 is 50.3 Å². The normalized spacial score (nSPS) is 33.8. The summed E-state index contributed by atoms with van der Waals surface area (Å²) in [7, 11) is 1.23. The summed E-state index contributed by atoms with van der Waals surface area (Å²) in [4.78, 5) is 76.0. The molecule has 0 aliphatic carbocycles. The van der Waals surface area contributed by atoms with Crippen molar-refractivity contribution < 1.29 is 48.7 Å². The minimum Gasteiger partial charge on any atom is -0.456 e. The van der Waals surface area contributed by atoms with Gasteiger partial charge in [-0.2, -0.15) is 0 Å². The van der Waals surface area contributed by atoms with E-state index >= 15 is 0 Å². The topological polar surface area (TPSA) is 248 Å². The van der Waals surface area contributed by atoms with Crippen molar-refractivity contribution in [2.75, 3.05) is 7.05 Å². The molecule has 230 valence electrons. The molecule has 0 radical (unpaired) electrons. The number of aromatic nitrogens is 2. The van der Waals surface area contributed by atoms with Crippen LogP contribution < -0.4 is 27.2 Å². The monoisotopic (exact) mass is 595 g/mol. The van der Waals surface area contributed by atoms with E-state index in [1.807, 2.05) is 11.9 Å². The summed E-state index contributed by atoms with van der Waals surface area (Å²) < 4.78 is 17.7. The SMILES string of the molecule is CNC(=O)[C@H](O[C@H]1OC(C(=O)N[C@H]2CCC[C@@H](C)NC2=O)=C[C@H](O)[C@@H]1O)[C@H]1O[C@@H](n2ccc(=O)[nH]c2=O)[C@H](O)[C@@H]1C=O. The van der Waals surface area contributed by atoms with E-state index in [0.29, 0.717) is 12.8 Å². The van der Waals surface area contributed by atoms with Crippen molar-refractivity contribution >= 4 is 24.0 Å². The summed E-state index contributed by atoms with van der Waals surface area (Å²) in [5, 5.41) is 39.4. The first kappa shape index (κ1) is 31.0. The number of likely N-dealkylation sites (N-methyl/N-ethyl adjacent to an activating group) is 1. The highest BCUT2D eigenvalue weighted by Gasteiger charge is 2.52. The molecule has 1 aromatic rings. The van der Waals surface area contributed by atoms with Crippen molar-refractivity contribution in [2.24, 2.45) is 5.92 Å². The quantitative estimate of drug-likeness (QED) is 0.142. The molecule has 0 saturated carbocycles. The van der Waals surface area contributed by atoms with Crippen molar-refractivity contribution in [3.8, 4) is 0 Å². The van der Waals surface area contributed by atoms with Crippen LogP contribution in [0, 0.1) is 5.92 Å². The smallest absolute Gasteiger partial charge is 0.330 e. The van der Waals surface area contributed by atoms with Crippen LogP contribution in [0.2, 0.25) is 0 Å². The molecule has 0 bridgehead atoms. The number of aliphatic hydroxyl groups is 3. The number of hydrogen-bond donors (Lipinski definition) is 7. The second-order valence-corrected chi connectivity index (χ2v) is 10.2. The third-order valence-corrected chi connectivity index (χ3v) is 7.29. The Morgan fingerprint density at radius 2 is 1.93 bits per heavy atom. The van der Waals surface area contributed by atoms with E-state index in [-0.39, 0.29) is 12.3 Å². The first-order chi connectivity index (χ1) is 19.9. The zero-order valence-electron chi connectivity index (χ0n) is 22.7. The van der Waals surface area contributed by atoms with Gasteiger partial charge in [-0.05, 0) is 32.3 Å². The Labute approximate surface area is 237 Å². The maximum atomic E-state index is 13.0. The molecule has 1 aromatic heterocycles. The van der Waals surface area contributed by atoms with Crippen LogP contribution in [-0.2, 0) is 33.4 Å². The maximum Gasteiger partial charge on any atom is 0.330 e. The molecule has 0 aromatic carbocycles. The Morgan fingerprint density at radius 3 is 2.60 bits per heavy atom. The minimum absolute atomic E-state index is 0.0742. The van der Waals surface area contributed by atoms with Gasteiger partial charge in [0.15, 0.2) is 18.1 Å². The van der Waals surface area contributed by atoms with Gasteiger partial charge in [-0.15, -0.1) is 0 Å². The number of nitrogens with zero attached hydrogens (tertiary/aromatic N) is 1. The van der Waals surface area contributed by atoms with Crippen LogP contribution in [0.3, 0.4) is 0 Å². The molecular formula is C25H33N5O12. The summed E-state index contributed by atoms with van der Waals surface area (Å²) in [5.41, 5.74) is -1.68. The predicted octanol–water partition coefficient (Wildman–Crippen LogP) is -4.12. The number of amides is 3. The number of rotatable bonds is 8. The molecule has 3 aliphatic heterocycles. The van der Waals surface area contributed by atoms with Gasteiger partial charge in [-0.25, -0.2) is 4.79 Å². The third-order valence-electron chi connectivity index (χ3n) is 7.29. The van der Waals surface area contributed by atoms with E-state index in [0.717, 1.165) is 29.3 Å². The molecule has 2 fully saturated rings. The summed E-state index contributed by atoms with van der Waals surface area (Å²) in [5.74, 6) is -4.14. The number of H-pyrrole nitrogens is 1. The van der Waals surface area contributed by atoms with Crippen molar-refractivity contribution in [2.45, 2.75) is 81.3 Å². The lowest BCUT2D eigenvalue weighted by molar-refractivity contribution is -0.239. The average molecular weight is 596 g/mol. The average Bonchev–Trinajstić information content (AvgIpc) is 3.18. The summed E-state index contributed by atoms with van der Waals surface area (Å²) in [6.45, 7) is 1.83. The van der Waals surface area contributed by atoms with E-state index in [2.05, 4.69) is 16.0 Å². The van der Waals surface area contributed by atoms with Crippen LogP contribution in [-0.4, -0.2) is 105 Å². The number of carbonyl (C=O) groups excluding carboxylic acids is 4. The molecular weight excluding hydrogens is 562 g/mol. The van der Waals surface area contributed by atoms with Crippen LogP contribution in [0.15, 0.2) is 33.7 Å². The summed E-state index contributed by atoms with van der Waals surface area (Å²) >= 11 is 0. The van der Waals surface area contributed by atoms with Crippen LogP contribution in [0.1, 0.15) is 32.4 Å². The van der Waals surface area contributed by atoms with Crippen molar-refractivity contribution in [3.05, 3.63) is 44.9 Å². The number of carbonyl (C=O) groups is 4. The molecule has 3 amide bonds. The molecule has 2 saturated heterocycles. The molecule has 17 nitrogen and oxygen atoms in total. The van der Waals surface area contributed by atoms with E-state index < -0.39 is 89.7 Å². The van der Waals surface area contributed by atoms with E-state index in [1.165, 1.54) is 7.05 Å². The van der Waals surface area contributed by atoms with Gasteiger partial charge in [0.05, 0.1) is 5.92 Å². The first-order valence-electron chi connectivity index (χ1n) is 13.3. The zero-order valence-corrected chi connectivity index (χ0v) is 22.7. The maximum absolute atomic E-state index is 13.0. The highest BCUT2D eigenvalue weighted by molar-refractivity contribution is 5.95. The second-order valence-electron chi connectivity index (χ2n) is 10.2. The fourth-order valence-corrected chi connectivity index (χ4v) is 5.01. The Morgan fingerprint density at radius 1 is 1.19 bits per heavy atom. The predicted molar refractivity (Wildman–Crippen MR) is 138 cm³/mol. The van der Waals surface area contributed by atoms with Crippen LogP contribution >= 0.6 is 0 Å². The molecule has 42 heavy (non-hydrogen) atoms. The fourth-order valence-electron chi connectivity index (χ4n) is 5.01. The van der Waals surface area contributed by atoms with Crippen molar-refractivity contribution in [1.29, 1.82) is 0 Å². The summed E-state index contributed by atoms with van der Waals surface area (Å²) in [6, 6.07) is 0.0259. The molecule has 4 rings (SSSR count). The van der Waals surface area contributed by atoms with Crippen LogP contribution in [0.4, 0.5) is 0 Å². The lowest BCUT2D eigenvalue weighted by Crippen LogP contribution is -2.54. The molecule has 17 heteroatoms. The Hall–Kier alpha value is -3.90. The highest BCUT2D eigenvalue weighted by atomic mass is 16.7. The third kappa shape index (κ3) is 6.44. The molecule has 4 heterocycles. The van der Waals surface area contributed by atoms with Gasteiger partial charge in [0.2, 0.25) is 12.2 Å². The van der Waals surface area contributed by atoms with E-state index in [9.17, 15) is 44.1 Å². The Balaban J connectivity index is 1.54. The Bertz CT molecular complexity index is 1340. The zero-order chi connectivity index (χ0) is 30.7. The highest BCUT2D eigenvalue weighted by Crippen LogP contribution is 2.36. The van der Waals surface area contributed by atoms with E-state index in [1.54, 1.807) is 0 Å². The number of aliphatic hydroxyl groups excluding tert-OH is 3. The van der Waals surface area contributed by atoms with Crippen LogP contribution in [0.25, 0.3) is 0 Å². The lowest BCUT2D eigenvalue weighted by Gasteiger charge is -2.35. The van der Waals surface area contributed by atoms with Crippen molar-refractivity contribution in [1.82, 2.24) is 25.5 Å². The van der Waals surface area contributed by atoms with E-state index in [4.69, 9.17) is 14.2 Å². The molecule has 3 aliphatic rings. The number of aldehydes is 1. The van der Waals surface area contributed by atoms with Crippen LogP contribution in [0.5, 0.6) is 0 Å². The second kappa shape index (κ2) is 13.0. The number of ether oxygens (including phenoxy) is 3. The fraction of sp³-hybridized carbons (Fsp3) is 0.600. The largest absolute Gasteiger partial charge is 0.456 e. The van der Waals surface area contributed by atoms with Crippen molar-refractivity contribution in [3.63, 3.8) is 0 Å². The first-order valence-corrected chi connectivity index (χ1v) is 13.3. The number of aromatic amines is 1. The molecule has 7 N–H and O–H groups in total. The van der Waals surface area contributed by atoms with Gasteiger partial charge in [0.1, 0.15) is 36.7 Å². The molecule has 0 unspecified atom stereocenters. The number of hydrogen-bond acceptors (Lipinski definition) is 12. The van der Waals surface area contributed by atoms with Gasteiger partial charge in [-0.3, -0.25) is 28.7 Å². The van der Waals surface area contributed by atoms with Gasteiger partial charge in [0.25, 0.3) is 17.4 Å². The Kier molecular flexibility index (Phi) is 9.57.